The van der Waals surface area contributed by atoms with Crippen LogP contribution in [-0.2, 0) is 16.0 Å². The van der Waals surface area contributed by atoms with Gasteiger partial charge in [-0.1, -0.05) is 36.4 Å². The average Bonchev–Trinajstić information content (AvgIpc) is 3.39. The molecule has 3 heterocycles. The van der Waals surface area contributed by atoms with E-state index < -0.39 is 17.7 Å². The number of pyridine rings is 1. The number of Topliss-reactive ketones (excluding diaryl/α,β-unsaturated/α-hetero) is 1. The molecule has 1 amide bonds. The number of aryl methyl sites for hydroxylation is 2. The second-order valence-electron chi connectivity index (χ2n) is 9.21. The van der Waals surface area contributed by atoms with Crippen molar-refractivity contribution >= 4 is 39.0 Å². The van der Waals surface area contributed by atoms with Crippen LogP contribution in [-0.4, -0.2) is 49.8 Å². The standard InChI is InChI=1S/C29H26BrN3O5/c1-16-8-7-12-32-17(2)23(31-28(16)32)26(35)22-24(19-14-20(30)25(34)21(15-19)38-3)33(29(37)27(22)36)13-11-18-9-5-4-6-10-18/h4-10,12,14-15,24,34-35H,11,13H2,1-3H3/b26-22+. The number of carbonyl (C=O) groups is 2. The van der Waals surface area contributed by atoms with E-state index in [-0.39, 0.29) is 35.1 Å². The van der Waals surface area contributed by atoms with Crippen LogP contribution in [0.4, 0.5) is 0 Å². The van der Waals surface area contributed by atoms with Gasteiger partial charge in [0.15, 0.2) is 17.3 Å². The molecule has 0 spiro atoms. The third-order valence-corrected chi connectivity index (χ3v) is 7.52. The summed E-state index contributed by atoms with van der Waals surface area (Å²) in [6.45, 7) is 3.95. The van der Waals surface area contributed by atoms with Crippen molar-refractivity contribution in [3.63, 3.8) is 0 Å². The average molecular weight is 576 g/mol. The van der Waals surface area contributed by atoms with Gasteiger partial charge in [-0.25, -0.2) is 4.98 Å². The van der Waals surface area contributed by atoms with E-state index in [1.54, 1.807) is 19.1 Å². The number of methoxy groups -OCH3 is 1. The molecule has 1 atom stereocenters. The Labute approximate surface area is 227 Å². The van der Waals surface area contributed by atoms with Crippen molar-refractivity contribution in [1.29, 1.82) is 0 Å². The molecule has 1 aliphatic heterocycles. The summed E-state index contributed by atoms with van der Waals surface area (Å²) in [6, 6.07) is 15.7. The van der Waals surface area contributed by atoms with E-state index in [9.17, 15) is 19.8 Å². The SMILES string of the molecule is COc1cc(C2/C(=C(\O)c3nc4c(C)cccn4c3C)C(=O)C(=O)N2CCc2ccccc2)cc(Br)c1O. The quantitative estimate of drug-likeness (QED) is 0.188. The number of hydrogen-bond acceptors (Lipinski definition) is 6. The number of likely N-dealkylation sites (tertiary alicyclic amines) is 1. The number of ketones is 1. The number of hydrogen-bond donors (Lipinski definition) is 2. The van der Waals surface area contributed by atoms with Crippen molar-refractivity contribution in [1.82, 2.24) is 14.3 Å². The molecule has 0 bridgehead atoms. The van der Waals surface area contributed by atoms with Gasteiger partial charge in [-0.2, -0.15) is 0 Å². The van der Waals surface area contributed by atoms with E-state index in [2.05, 4.69) is 20.9 Å². The Morgan fingerprint density at radius 1 is 1.11 bits per heavy atom. The molecule has 1 saturated heterocycles. The molecule has 1 fully saturated rings. The molecule has 5 rings (SSSR count). The van der Waals surface area contributed by atoms with Crippen LogP contribution < -0.4 is 4.74 Å². The van der Waals surface area contributed by atoms with Crippen molar-refractivity contribution in [2.24, 2.45) is 0 Å². The molecule has 194 valence electrons. The van der Waals surface area contributed by atoms with Gasteiger partial charge in [-0.3, -0.25) is 9.59 Å². The zero-order chi connectivity index (χ0) is 27.1. The summed E-state index contributed by atoms with van der Waals surface area (Å²) in [6.07, 6.45) is 2.34. The summed E-state index contributed by atoms with van der Waals surface area (Å²) in [5.41, 5.74) is 3.86. The number of rotatable bonds is 6. The monoisotopic (exact) mass is 575 g/mol. The third kappa shape index (κ3) is 4.22. The lowest BCUT2D eigenvalue weighted by atomic mass is 9.95. The molecule has 0 saturated carbocycles. The molecular weight excluding hydrogens is 550 g/mol. The fourth-order valence-corrected chi connectivity index (χ4v) is 5.39. The minimum atomic E-state index is -0.921. The number of amides is 1. The number of halogens is 1. The lowest BCUT2D eigenvalue weighted by Crippen LogP contribution is -2.31. The van der Waals surface area contributed by atoms with Crippen molar-refractivity contribution < 1.29 is 24.5 Å². The van der Waals surface area contributed by atoms with Gasteiger partial charge >= 0.3 is 0 Å². The molecule has 4 aromatic rings. The largest absolute Gasteiger partial charge is 0.505 e. The maximum atomic E-state index is 13.5. The first kappa shape index (κ1) is 25.5. The molecule has 38 heavy (non-hydrogen) atoms. The normalized spacial score (nSPS) is 16.9. The predicted octanol–water partition coefficient (Wildman–Crippen LogP) is 5.09. The number of fused-ring (bicyclic) bond motifs is 1. The summed E-state index contributed by atoms with van der Waals surface area (Å²) in [5, 5.41) is 22.0. The number of aromatic nitrogens is 2. The summed E-state index contributed by atoms with van der Waals surface area (Å²) in [7, 11) is 1.42. The molecule has 9 heteroatoms. The summed E-state index contributed by atoms with van der Waals surface area (Å²) in [4.78, 5) is 33.0. The maximum Gasteiger partial charge on any atom is 0.295 e. The summed E-state index contributed by atoms with van der Waals surface area (Å²) < 4.78 is 7.51. The van der Waals surface area contributed by atoms with Gasteiger partial charge in [0, 0.05) is 12.7 Å². The van der Waals surface area contributed by atoms with Gasteiger partial charge in [0.1, 0.15) is 11.3 Å². The lowest BCUT2D eigenvalue weighted by Gasteiger charge is -2.26. The van der Waals surface area contributed by atoms with E-state index in [1.807, 2.05) is 60.0 Å². The Balaban J connectivity index is 1.69. The topological polar surface area (TPSA) is 104 Å². The van der Waals surface area contributed by atoms with E-state index in [1.165, 1.54) is 12.0 Å². The van der Waals surface area contributed by atoms with Gasteiger partial charge in [0.25, 0.3) is 11.7 Å². The number of phenols is 1. The fraction of sp³-hybridized carbons (Fsp3) is 0.207. The van der Waals surface area contributed by atoms with Gasteiger partial charge in [0.2, 0.25) is 0 Å². The van der Waals surface area contributed by atoms with Gasteiger partial charge in [0.05, 0.1) is 28.9 Å². The van der Waals surface area contributed by atoms with E-state index in [4.69, 9.17) is 4.74 Å². The molecular formula is C29H26BrN3O5. The number of imidazole rings is 1. The van der Waals surface area contributed by atoms with Crippen LogP contribution in [0.5, 0.6) is 11.5 Å². The molecule has 0 aliphatic carbocycles. The highest BCUT2D eigenvalue weighted by molar-refractivity contribution is 9.10. The zero-order valence-electron chi connectivity index (χ0n) is 21.1. The Morgan fingerprint density at radius 2 is 1.84 bits per heavy atom. The highest BCUT2D eigenvalue weighted by atomic mass is 79.9. The van der Waals surface area contributed by atoms with E-state index in [0.717, 1.165) is 11.1 Å². The molecule has 8 nitrogen and oxygen atoms in total. The summed E-state index contributed by atoms with van der Waals surface area (Å²) >= 11 is 3.34. The number of benzene rings is 2. The predicted molar refractivity (Wildman–Crippen MR) is 146 cm³/mol. The highest BCUT2D eigenvalue weighted by Gasteiger charge is 2.46. The minimum absolute atomic E-state index is 0.0631. The van der Waals surface area contributed by atoms with Crippen LogP contribution >= 0.6 is 15.9 Å². The number of aliphatic hydroxyl groups is 1. The van der Waals surface area contributed by atoms with Crippen molar-refractivity contribution in [3.05, 3.63) is 98.9 Å². The van der Waals surface area contributed by atoms with Crippen molar-refractivity contribution in [2.45, 2.75) is 26.3 Å². The molecule has 1 unspecified atom stereocenters. The first-order valence-electron chi connectivity index (χ1n) is 12.1. The Hall–Kier alpha value is -4.11. The minimum Gasteiger partial charge on any atom is -0.505 e. The van der Waals surface area contributed by atoms with Crippen LogP contribution in [0.1, 0.15) is 34.1 Å². The molecule has 2 N–H and O–H groups in total. The molecule has 0 radical (unpaired) electrons. The van der Waals surface area contributed by atoms with Crippen molar-refractivity contribution in [2.75, 3.05) is 13.7 Å². The van der Waals surface area contributed by atoms with Crippen molar-refractivity contribution in [3.8, 4) is 11.5 Å². The second-order valence-corrected chi connectivity index (χ2v) is 10.1. The molecule has 2 aromatic heterocycles. The highest BCUT2D eigenvalue weighted by Crippen LogP contribution is 2.44. The molecule has 2 aromatic carbocycles. The van der Waals surface area contributed by atoms with Gasteiger partial charge in [-0.05, 0) is 71.1 Å². The van der Waals surface area contributed by atoms with Crippen LogP contribution in [0, 0.1) is 13.8 Å². The Bertz CT molecular complexity index is 1610. The first-order valence-corrected chi connectivity index (χ1v) is 12.9. The second kappa shape index (κ2) is 9.98. The summed E-state index contributed by atoms with van der Waals surface area (Å²) in [5.74, 6) is -1.80. The van der Waals surface area contributed by atoms with E-state index >= 15 is 0 Å². The third-order valence-electron chi connectivity index (χ3n) is 6.92. The Kier molecular flexibility index (Phi) is 6.71. The number of aliphatic hydroxyl groups excluding tert-OH is 1. The van der Waals surface area contributed by atoms with Crippen LogP contribution in [0.3, 0.4) is 0 Å². The maximum absolute atomic E-state index is 13.5. The zero-order valence-corrected chi connectivity index (χ0v) is 22.7. The van der Waals surface area contributed by atoms with Crippen LogP contribution in [0.25, 0.3) is 11.4 Å². The number of carbonyl (C=O) groups excluding carboxylic acids is 2. The van der Waals surface area contributed by atoms with Gasteiger partial charge in [-0.15, -0.1) is 0 Å². The number of phenolic OH excluding ortho intramolecular Hbond substituents is 1. The van der Waals surface area contributed by atoms with E-state index in [0.29, 0.717) is 27.8 Å². The first-order chi connectivity index (χ1) is 18.2. The number of ether oxygens (including phenoxy) is 1. The lowest BCUT2D eigenvalue weighted by molar-refractivity contribution is -0.139. The van der Waals surface area contributed by atoms with Crippen LogP contribution in [0.2, 0.25) is 0 Å². The number of nitrogens with zero attached hydrogens (tertiary/aromatic N) is 3. The number of aromatic hydroxyl groups is 1. The van der Waals surface area contributed by atoms with Crippen LogP contribution in [0.15, 0.2) is 70.8 Å². The fourth-order valence-electron chi connectivity index (χ4n) is 4.93. The van der Waals surface area contributed by atoms with Gasteiger partial charge < -0.3 is 24.3 Å². The smallest absolute Gasteiger partial charge is 0.295 e. The molecule has 1 aliphatic rings. The Morgan fingerprint density at radius 3 is 2.53 bits per heavy atom.